The van der Waals surface area contributed by atoms with Gasteiger partial charge in [-0.2, -0.15) is 0 Å². The van der Waals surface area contributed by atoms with Gasteiger partial charge in [0.15, 0.2) is 0 Å². The molecule has 0 radical (unpaired) electrons. The summed E-state index contributed by atoms with van der Waals surface area (Å²) in [7, 11) is 2.37. The third-order valence-electron chi connectivity index (χ3n) is 6.01. The van der Waals surface area contributed by atoms with Gasteiger partial charge < -0.3 is 14.9 Å². The Kier molecular flexibility index (Phi) is 10.2. The van der Waals surface area contributed by atoms with Gasteiger partial charge in [0.2, 0.25) is 0 Å². The SMILES string of the molecule is C/C(=C\c1csc(C)n1)C1C/C=C\CCCC[C@H](O)[C@@H](C)C(=O)[C@@](C)(P)[C@@H](O)CC(=O)O1. The van der Waals surface area contributed by atoms with Crippen LogP contribution < -0.4 is 0 Å². The van der Waals surface area contributed by atoms with Crippen LogP contribution in [0.25, 0.3) is 6.08 Å². The van der Waals surface area contributed by atoms with Crippen molar-refractivity contribution in [3.05, 3.63) is 33.8 Å². The molecule has 2 unspecified atom stereocenters. The second-order valence-corrected chi connectivity index (χ2v) is 11.1. The fraction of sp³-hybridized carbons (Fsp3) is 0.625. The van der Waals surface area contributed by atoms with Crippen molar-refractivity contribution >= 4 is 38.4 Å². The van der Waals surface area contributed by atoms with E-state index >= 15 is 0 Å². The highest BCUT2D eigenvalue weighted by Gasteiger charge is 2.41. The quantitative estimate of drug-likeness (QED) is 0.373. The number of hydrogen-bond acceptors (Lipinski definition) is 7. The topological polar surface area (TPSA) is 96.7 Å². The van der Waals surface area contributed by atoms with E-state index in [0.717, 1.165) is 35.5 Å². The number of ether oxygens (including phenoxy) is 1. The van der Waals surface area contributed by atoms with E-state index in [2.05, 4.69) is 20.3 Å². The monoisotopic (exact) mass is 481 g/mol. The first kappa shape index (κ1) is 26.8. The standard InChI is InChI=1S/C24H36NO5PS/c1-15(12-18-14-32-17(3)25-18)20-11-9-7-5-6-8-10-19(26)16(2)23(29)24(4,31)21(27)13-22(28)30-20/h7,9,12,14,16,19-21,26-27H,5-6,8,10-11,13,31H2,1-4H3/b9-7-,15-12+/t16-,19+,20?,21+,24+/m1/s1. The third kappa shape index (κ3) is 7.58. The second kappa shape index (κ2) is 12.2. The minimum absolute atomic E-state index is 0.284. The average Bonchev–Trinajstić information content (AvgIpc) is 3.14. The summed E-state index contributed by atoms with van der Waals surface area (Å²) in [5.41, 5.74) is 1.69. The fourth-order valence-corrected chi connectivity index (χ4v) is 4.66. The van der Waals surface area contributed by atoms with Gasteiger partial charge in [-0.05, 0) is 51.7 Å². The van der Waals surface area contributed by atoms with Crippen LogP contribution in [0.2, 0.25) is 0 Å². The Labute approximate surface area is 197 Å². The van der Waals surface area contributed by atoms with Gasteiger partial charge in [-0.15, -0.1) is 20.6 Å². The van der Waals surface area contributed by atoms with Crippen LogP contribution in [0.3, 0.4) is 0 Å². The molecule has 2 rings (SSSR count). The molecule has 1 aromatic rings. The number of aryl methyl sites for hydroxylation is 1. The van der Waals surface area contributed by atoms with Crippen LogP contribution in [0.15, 0.2) is 23.1 Å². The first-order chi connectivity index (χ1) is 15.0. The summed E-state index contributed by atoms with van der Waals surface area (Å²) in [6.07, 6.45) is 6.77. The van der Waals surface area contributed by atoms with Crippen molar-refractivity contribution in [3.63, 3.8) is 0 Å². The maximum absolute atomic E-state index is 12.9. The molecule has 0 spiro atoms. The minimum atomic E-state index is -1.26. The Hall–Kier alpha value is -1.40. The highest BCUT2D eigenvalue weighted by atomic mass is 32.1. The number of hydrogen-bond donors (Lipinski definition) is 2. The van der Waals surface area contributed by atoms with Gasteiger partial charge >= 0.3 is 5.97 Å². The maximum atomic E-state index is 12.9. The number of nitrogens with zero attached hydrogens (tertiary/aromatic N) is 1. The first-order valence-corrected chi connectivity index (χ1v) is 12.6. The van der Waals surface area contributed by atoms with E-state index in [0.29, 0.717) is 12.8 Å². The molecule has 0 aromatic carbocycles. The molecule has 0 saturated carbocycles. The largest absolute Gasteiger partial charge is 0.457 e. The Morgan fingerprint density at radius 2 is 2.03 bits per heavy atom. The molecule has 1 aliphatic heterocycles. The van der Waals surface area contributed by atoms with Crippen LogP contribution >= 0.6 is 20.6 Å². The summed E-state index contributed by atoms with van der Waals surface area (Å²) in [6.45, 7) is 7.10. The normalized spacial score (nSPS) is 33.0. The van der Waals surface area contributed by atoms with Crippen molar-refractivity contribution in [1.82, 2.24) is 4.98 Å². The fourth-order valence-electron chi connectivity index (χ4n) is 3.71. The summed E-state index contributed by atoms with van der Waals surface area (Å²) < 4.78 is 5.73. The molecule has 6 nitrogen and oxygen atoms in total. The van der Waals surface area contributed by atoms with E-state index in [9.17, 15) is 19.8 Å². The number of rotatable bonds is 2. The predicted octanol–water partition coefficient (Wildman–Crippen LogP) is 4.24. The third-order valence-corrected chi connectivity index (χ3v) is 7.47. The molecule has 32 heavy (non-hydrogen) atoms. The number of aromatic nitrogens is 1. The number of aliphatic hydroxyl groups is 2. The highest BCUT2D eigenvalue weighted by molar-refractivity contribution is 7.21. The molecule has 6 atom stereocenters. The van der Waals surface area contributed by atoms with Crippen molar-refractivity contribution < 1.29 is 24.5 Å². The molecule has 0 bridgehead atoms. The zero-order valence-electron chi connectivity index (χ0n) is 19.4. The summed E-state index contributed by atoms with van der Waals surface area (Å²) in [5.74, 6) is -1.49. The molecule has 0 saturated heterocycles. The van der Waals surface area contributed by atoms with Crippen molar-refractivity contribution in [2.24, 2.45) is 5.92 Å². The molecule has 2 N–H and O–H groups in total. The Morgan fingerprint density at radius 3 is 2.69 bits per heavy atom. The van der Waals surface area contributed by atoms with Gasteiger partial charge in [-0.1, -0.05) is 25.5 Å². The van der Waals surface area contributed by atoms with Crippen molar-refractivity contribution in [2.45, 2.75) is 89.7 Å². The molecular weight excluding hydrogens is 445 g/mol. The smallest absolute Gasteiger partial charge is 0.309 e. The van der Waals surface area contributed by atoms with Gasteiger partial charge in [0.05, 0.1) is 34.5 Å². The molecular formula is C24H36NO5PS. The number of carbonyl (C=O) groups is 2. The molecule has 1 aromatic heterocycles. The average molecular weight is 482 g/mol. The Bertz CT molecular complexity index is 847. The van der Waals surface area contributed by atoms with Crippen LogP contribution in [0, 0.1) is 12.8 Å². The maximum Gasteiger partial charge on any atom is 0.309 e. The van der Waals surface area contributed by atoms with Gasteiger partial charge in [0.1, 0.15) is 11.9 Å². The molecule has 8 heteroatoms. The lowest BCUT2D eigenvalue weighted by atomic mass is 9.84. The zero-order chi connectivity index (χ0) is 23.9. The molecule has 1 aliphatic rings. The zero-order valence-corrected chi connectivity index (χ0v) is 21.4. The first-order valence-electron chi connectivity index (χ1n) is 11.2. The molecule has 0 amide bonds. The molecule has 0 fully saturated rings. The van der Waals surface area contributed by atoms with Crippen LogP contribution in [0.1, 0.15) is 70.0 Å². The van der Waals surface area contributed by atoms with Crippen molar-refractivity contribution in [3.8, 4) is 0 Å². The lowest BCUT2D eigenvalue weighted by molar-refractivity contribution is -0.150. The number of cyclic esters (lactones) is 1. The van der Waals surface area contributed by atoms with Crippen molar-refractivity contribution in [2.75, 3.05) is 0 Å². The number of ketones is 1. The van der Waals surface area contributed by atoms with E-state index in [1.54, 1.807) is 25.2 Å². The van der Waals surface area contributed by atoms with E-state index in [1.807, 2.05) is 31.4 Å². The number of thiazole rings is 1. The molecule has 178 valence electrons. The number of allylic oxidation sites excluding steroid dienone is 1. The van der Waals surface area contributed by atoms with Gasteiger partial charge in [-0.3, -0.25) is 9.59 Å². The van der Waals surface area contributed by atoms with Crippen LogP contribution in [0.4, 0.5) is 0 Å². The number of carbonyl (C=O) groups excluding carboxylic acids is 2. The second-order valence-electron chi connectivity index (χ2n) is 8.87. The Morgan fingerprint density at radius 1 is 1.31 bits per heavy atom. The number of aliphatic hydroxyl groups excluding tert-OH is 2. The minimum Gasteiger partial charge on any atom is -0.457 e. The molecule has 2 heterocycles. The summed E-state index contributed by atoms with van der Waals surface area (Å²) in [4.78, 5) is 30.1. The lowest BCUT2D eigenvalue weighted by Gasteiger charge is -2.33. The van der Waals surface area contributed by atoms with Crippen molar-refractivity contribution in [1.29, 1.82) is 0 Å². The predicted molar refractivity (Wildman–Crippen MR) is 132 cm³/mol. The van der Waals surface area contributed by atoms with E-state index < -0.39 is 35.4 Å². The summed E-state index contributed by atoms with van der Waals surface area (Å²) in [5, 5.41) is 22.8. The lowest BCUT2D eigenvalue weighted by Crippen LogP contribution is -2.47. The van der Waals surface area contributed by atoms with Gasteiger partial charge in [-0.25, -0.2) is 4.98 Å². The van der Waals surface area contributed by atoms with Crippen LogP contribution in [-0.4, -0.2) is 50.4 Å². The summed E-state index contributed by atoms with van der Waals surface area (Å²) >= 11 is 1.56. The highest BCUT2D eigenvalue weighted by Crippen LogP contribution is 2.31. The Balaban J connectivity index is 2.24. The van der Waals surface area contributed by atoms with Gasteiger partial charge in [0.25, 0.3) is 0 Å². The van der Waals surface area contributed by atoms with Gasteiger partial charge in [0, 0.05) is 17.7 Å². The van der Waals surface area contributed by atoms with Crippen LogP contribution in [0.5, 0.6) is 0 Å². The number of esters is 1. The van der Waals surface area contributed by atoms with E-state index in [1.165, 1.54) is 0 Å². The van der Waals surface area contributed by atoms with E-state index in [-0.39, 0.29) is 12.2 Å². The summed E-state index contributed by atoms with van der Waals surface area (Å²) in [6, 6.07) is 0. The molecule has 0 aliphatic carbocycles. The van der Waals surface area contributed by atoms with Crippen LogP contribution in [-0.2, 0) is 14.3 Å². The number of Topliss-reactive ketones (excluding diaryl/α,β-unsaturated/α-hetero) is 1. The van der Waals surface area contributed by atoms with E-state index in [4.69, 9.17) is 4.74 Å².